The highest BCUT2D eigenvalue weighted by atomic mass is 35.5. The van der Waals surface area contributed by atoms with E-state index in [9.17, 15) is 9.59 Å². The Morgan fingerprint density at radius 2 is 0.932 bits per heavy atom. The van der Waals surface area contributed by atoms with Gasteiger partial charge >= 0.3 is 0 Å². The van der Waals surface area contributed by atoms with Crippen LogP contribution in [-0.4, -0.2) is 74.1 Å². The minimum absolute atomic E-state index is 0. The summed E-state index contributed by atoms with van der Waals surface area (Å²) in [4.78, 5) is 29.5. The first-order chi connectivity index (χ1) is 27.7. The first kappa shape index (κ1) is 51.1. The number of carbonyl (C=O) groups is 2. The molecule has 2 heterocycles. The van der Waals surface area contributed by atoms with Gasteiger partial charge in [0.1, 0.15) is 11.5 Å². The molecule has 0 spiro atoms. The standard InChI is InChI=1S/2C22H27ClN2O2.C2H3N.2ClH/c2*1-17-9-3-6-12-21(17)27-16-22(26)24-15-20(25-13-7-2-8-14-25)18-10-4-5-11-19(18)23;1-2-3;;/h2*3-6,9-12,20H,2,7-8,13-16H2,1H3,(H,24,26);1H3;2*1H. The summed E-state index contributed by atoms with van der Waals surface area (Å²) >= 11 is 12.9. The summed E-state index contributed by atoms with van der Waals surface area (Å²) in [5.74, 6) is 1.25. The average molecular weight is 888 g/mol. The van der Waals surface area contributed by atoms with Gasteiger partial charge in [-0.15, -0.1) is 24.8 Å². The number of ether oxygens (including phenoxy) is 2. The van der Waals surface area contributed by atoms with Crippen molar-refractivity contribution in [2.75, 3.05) is 52.5 Å². The van der Waals surface area contributed by atoms with Gasteiger partial charge in [0.15, 0.2) is 13.2 Å². The van der Waals surface area contributed by atoms with Gasteiger partial charge < -0.3 is 20.1 Å². The Bertz CT molecular complexity index is 1750. The molecule has 0 saturated carbocycles. The molecular formula is C46H59Cl4N5O4. The first-order valence-corrected chi connectivity index (χ1v) is 20.7. The number of benzene rings is 4. The van der Waals surface area contributed by atoms with Crippen LogP contribution in [-0.2, 0) is 9.59 Å². The molecule has 0 aliphatic carbocycles. The van der Waals surface area contributed by atoms with Gasteiger partial charge in [-0.25, -0.2) is 0 Å². The molecule has 2 N–H and O–H groups in total. The second-order valence-electron chi connectivity index (χ2n) is 14.2. The maximum absolute atomic E-state index is 12.3. The van der Waals surface area contributed by atoms with Gasteiger partial charge in [-0.05, 0) is 112 Å². The molecule has 2 fully saturated rings. The topological polar surface area (TPSA) is 107 Å². The van der Waals surface area contributed by atoms with E-state index in [1.807, 2.05) is 98.8 Å². The van der Waals surface area contributed by atoms with Gasteiger partial charge in [-0.2, -0.15) is 5.26 Å². The van der Waals surface area contributed by atoms with Crippen molar-refractivity contribution < 1.29 is 19.1 Å². The largest absolute Gasteiger partial charge is 0.484 e. The van der Waals surface area contributed by atoms with Gasteiger partial charge in [0, 0.05) is 30.1 Å². The molecule has 59 heavy (non-hydrogen) atoms. The van der Waals surface area contributed by atoms with E-state index in [2.05, 4.69) is 32.6 Å². The number of rotatable bonds is 14. The second kappa shape index (κ2) is 28.5. The number of halogens is 4. The van der Waals surface area contributed by atoms with Crippen LogP contribution in [0, 0.1) is 25.2 Å². The molecule has 0 bridgehead atoms. The van der Waals surface area contributed by atoms with Crippen LogP contribution in [0.25, 0.3) is 0 Å². The number of nitriles is 1. The van der Waals surface area contributed by atoms with Gasteiger partial charge in [0.25, 0.3) is 11.8 Å². The molecule has 0 aromatic heterocycles. The summed E-state index contributed by atoms with van der Waals surface area (Å²) in [5, 5.41) is 14.9. The normalized spacial score (nSPS) is 14.7. The quantitative estimate of drug-likeness (QED) is 0.130. The number of aryl methyl sites for hydroxylation is 2. The molecule has 2 amide bonds. The lowest BCUT2D eigenvalue weighted by molar-refractivity contribution is -0.124. The van der Waals surface area contributed by atoms with Crippen molar-refractivity contribution in [2.24, 2.45) is 0 Å². The third-order valence-corrected chi connectivity index (χ3v) is 10.8. The number of hydrogen-bond acceptors (Lipinski definition) is 7. The van der Waals surface area contributed by atoms with E-state index in [4.69, 9.17) is 37.9 Å². The maximum Gasteiger partial charge on any atom is 0.258 e. The molecule has 320 valence electrons. The van der Waals surface area contributed by atoms with E-state index in [1.54, 1.807) is 6.07 Å². The molecule has 4 aromatic carbocycles. The van der Waals surface area contributed by atoms with E-state index in [0.29, 0.717) is 13.1 Å². The summed E-state index contributed by atoms with van der Waals surface area (Å²) in [6, 6.07) is 33.1. The Morgan fingerprint density at radius 1 is 0.610 bits per heavy atom. The summed E-state index contributed by atoms with van der Waals surface area (Å²) in [5.41, 5.74) is 4.18. The van der Waals surface area contributed by atoms with E-state index >= 15 is 0 Å². The second-order valence-corrected chi connectivity index (χ2v) is 15.0. The van der Waals surface area contributed by atoms with E-state index < -0.39 is 0 Å². The number of nitrogens with zero attached hydrogens (tertiary/aromatic N) is 3. The van der Waals surface area contributed by atoms with Crippen molar-refractivity contribution in [1.29, 1.82) is 5.26 Å². The number of nitrogens with one attached hydrogen (secondary N) is 2. The van der Waals surface area contributed by atoms with Crippen LogP contribution in [0.15, 0.2) is 97.1 Å². The molecular weight excluding hydrogens is 828 g/mol. The van der Waals surface area contributed by atoms with Crippen molar-refractivity contribution in [3.05, 3.63) is 129 Å². The predicted molar refractivity (Wildman–Crippen MR) is 244 cm³/mol. The highest BCUT2D eigenvalue weighted by Crippen LogP contribution is 2.31. The van der Waals surface area contributed by atoms with E-state index in [0.717, 1.165) is 70.0 Å². The molecule has 2 aliphatic heterocycles. The molecule has 2 saturated heterocycles. The fourth-order valence-corrected chi connectivity index (χ4v) is 7.59. The number of piperidine rings is 2. The summed E-state index contributed by atoms with van der Waals surface area (Å²) in [6.45, 7) is 10.6. The Hall–Kier alpha value is -4.01. The lowest BCUT2D eigenvalue weighted by Crippen LogP contribution is -2.41. The molecule has 4 aromatic rings. The van der Waals surface area contributed by atoms with Crippen molar-refractivity contribution >= 4 is 59.8 Å². The summed E-state index contributed by atoms with van der Waals surface area (Å²) in [6.07, 6.45) is 7.28. The Balaban J connectivity index is 0.000000370. The fraction of sp³-hybridized carbons (Fsp3) is 0.413. The lowest BCUT2D eigenvalue weighted by Gasteiger charge is -2.35. The highest BCUT2D eigenvalue weighted by molar-refractivity contribution is 6.31. The Morgan fingerprint density at radius 3 is 1.27 bits per heavy atom. The van der Waals surface area contributed by atoms with Crippen LogP contribution in [0.3, 0.4) is 0 Å². The molecule has 0 radical (unpaired) electrons. The van der Waals surface area contributed by atoms with E-state index in [1.165, 1.54) is 45.4 Å². The van der Waals surface area contributed by atoms with E-state index in [-0.39, 0.29) is 61.9 Å². The zero-order valence-corrected chi connectivity index (χ0v) is 37.5. The molecule has 6 rings (SSSR count). The zero-order valence-electron chi connectivity index (χ0n) is 34.3. The number of amides is 2. The molecule has 2 unspecified atom stereocenters. The zero-order chi connectivity index (χ0) is 40.8. The fourth-order valence-electron chi connectivity index (χ4n) is 7.07. The maximum atomic E-state index is 12.3. The highest BCUT2D eigenvalue weighted by Gasteiger charge is 2.26. The minimum atomic E-state index is -0.118. The number of para-hydroxylation sites is 2. The van der Waals surface area contributed by atoms with Gasteiger partial charge in [-0.1, -0.05) is 109 Å². The van der Waals surface area contributed by atoms with Crippen molar-refractivity contribution in [1.82, 2.24) is 20.4 Å². The van der Waals surface area contributed by atoms with Crippen LogP contribution in [0.5, 0.6) is 11.5 Å². The third kappa shape index (κ3) is 17.2. The Kier molecular flexibility index (Phi) is 24.7. The predicted octanol–water partition coefficient (Wildman–Crippen LogP) is 10.1. The van der Waals surface area contributed by atoms with Crippen molar-refractivity contribution in [2.45, 2.75) is 71.4 Å². The van der Waals surface area contributed by atoms with Crippen LogP contribution in [0.2, 0.25) is 10.0 Å². The van der Waals surface area contributed by atoms with Gasteiger partial charge in [-0.3, -0.25) is 19.4 Å². The first-order valence-electron chi connectivity index (χ1n) is 19.9. The summed E-state index contributed by atoms with van der Waals surface area (Å²) in [7, 11) is 0. The smallest absolute Gasteiger partial charge is 0.258 e. The number of likely N-dealkylation sites (tertiary alicyclic amines) is 2. The van der Waals surface area contributed by atoms with Crippen molar-refractivity contribution in [3.63, 3.8) is 0 Å². The van der Waals surface area contributed by atoms with Gasteiger partial charge in [0.05, 0.1) is 18.2 Å². The lowest BCUT2D eigenvalue weighted by atomic mass is 10.0. The SMILES string of the molecule is CC#N.Cc1ccccc1OCC(=O)NCC(c1ccccc1Cl)N1CCCCC1.Cc1ccccc1OCC(=O)NCC(c1ccccc1Cl)N1CCCCC1.Cl.Cl. The van der Waals surface area contributed by atoms with Crippen LogP contribution in [0.1, 0.15) is 79.8 Å². The van der Waals surface area contributed by atoms with Crippen LogP contribution >= 0.6 is 48.0 Å². The molecule has 2 aliphatic rings. The third-order valence-electron chi connectivity index (χ3n) is 10.1. The molecule has 2 atom stereocenters. The average Bonchev–Trinajstić information content (AvgIpc) is 3.23. The van der Waals surface area contributed by atoms with Crippen molar-refractivity contribution in [3.8, 4) is 17.6 Å². The Labute approximate surface area is 373 Å². The van der Waals surface area contributed by atoms with Gasteiger partial charge in [0.2, 0.25) is 0 Å². The number of hydrogen-bond donors (Lipinski definition) is 2. The number of carbonyl (C=O) groups excluding carboxylic acids is 2. The minimum Gasteiger partial charge on any atom is -0.484 e. The summed E-state index contributed by atoms with van der Waals surface area (Å²) < 4.78 is 11.3. The van der Waals surface area contributed by atoms with Crippen LogP contribution in [0.4, 0.5) is 0 Å². The van der Waals surface area contributed by atoms with Crippen LogP contribution < -0.4 is 20.1 Å². The monoisotopic (exact) mass is 885 g/mol. The molecule has 13 heteroatoms. The molecule has 9 nitrogen and oxygen atoms in total.